The first kappa shape index (κ1) is 30.7. The van der Waals surface area contributed by atoms with Crippen LogP contribution in [0.5, 0.6) is 5.75 Å². The molecule has 0 saturated carbocycles. The van der Waals surface area contributed by atoms with Gasteiger partial charge in [0.05, 0.1) is 30.5 Å². The predicted octanol–water partition coefficient (Wildman–Crippen LogP) is 3.34. The van der Waals surface area contributed by atoms with Gasteiger partial charge in [-0.15, -0.1) is 0 Å². The van der Waals surface area contributed by atoms with E-state index >= 15 is 0 Å². The van der Waals surface area contributed by atoms with Gasteiger partial charge in [0.1, 0.15) is 11.9 Å². The van der Waals surface area contributed by atoms with Crippen molar-refractivity contribution in [1.29, 1.82) is 0 Å². The molecule has 3 N–H and O–H groups in total. The van der Waals surface area contributed by atoms with E-state index in [1.54, 1.807) is 30.0 Å². The number of halogens is 1. The van der Waals surface area contributed by atoms with Crippen LogP contribution in [-0.2, 0) is 21.2 Å². The van der Waals surface area contributed by atoms with Crippen molar-refractivity contribution in [3.05, 3.63) is 53.1 Å². The maximum Gasteiger partial charge on any atom is 0.319 e. The Morgan fingerprint density at radius 2 is 1.87 bits per heavy atom. The number of benzene rings is 2. The number of fused-ring (bicyclic) bond motifs is 1. The number of likely N-dealkylation sites (N-methyl/N-ethyl adjacent to an activating group) is 1. The number of amides is 3. The normalized spacial score (nSPS) is 19.0. The molecule has 39 heavy (non-hydrogen) atoms. The number of urea groups is 1. The minimum atomic E-state index is -3.84. The summed E-state index contributed by atoms with van der Waals surface area (Å²) in [5, 5.41) is 15.8. The van der Waals surface area contributed by atoms with Crippen molar-refractivity contribution in [1.82, 2.24) is 14.5 Å². The molecule has 2 aromatic rings. The van der Waals surface area contributed by atoms with E-state index in [2.05, 4.69) is 10.6 Å². The fourth-order valence-corrected chi connectivity index (χ4v) is 5.60. The lowest BCUT2D eigenvalue weighted by molar-refractivity contribution is -0.134. The molecule has 1 heterocycles. The number of carbonyl (C=O) groups excluding carboxylic acids is 2. The lowest BCUT2D eigenvalue weighted by Gasteiger charge is -2.33. The molecule has 0 aliphatic carbocycles. The molecule has 0 bridgehead atoms. The summed E-state index contributed by atoms with van der Waals surface area (Å²) < 4.78 is 34.2. The topological polar surface area (TPSA) is 128 Å². The molecule has 12 heteroatoms. The number of rotatable bonds is 8. The molecule has 3 amide bonds. The number of aliphatic hydroxyl groups is 1. The van der Waals surface area contributed by atoms with E-state index in [4.69, 9.17) is 16.3 Å². The zero-order chi connectivity index (χ0) is 28.9. The third-order valence-electron chi connectivity index (χ3n) is 6.55. The van der Waals surface area contributed by atoms with Crippen LogP contribution in [0.15, 0.2) is 47.4 Å². The van der Waals surface area contributed by atoms with Crippen LogP contribution in [0.25, 0.3) is 0 Å². The highest BCUT2D eigenvalue weighted by Gasteiger charge is 2.33. The Labute approximate surface area is 235 Å². The first-order valence-corrected chi connectivity index (χ1v) is 14.6. The summed E-state index contributed by atoms with van der Waals surface area (Å²) in [5.41, 5.74) is 1.02. The van der Waals surface area contributed by atoms with E-state index < -0.39 is 22.2 Å². The van der Waals surface area contributed by atoms with Crippen molar-refractivity contribution in [3.8, 4) is 5.75 Å². The number of nitrogens with one attached hydrogen (secondary N) is 2. The standard InChI is InChI=1S/C27H37ClN4O6S/c1-17(2)29-27(35)30-22-8-11-24-20(12-22)13-26(34)32(19(4)16-33)14-18(3)25(38-24)15-31(5)39(36,37)23-9-6-21(28)7-10-23/h6-12,17-19,25,33H,13-16H2,1-5H3,(H2,29,30,35)/t18-,19-,25-/m1/s1. The Bertz CT molecular complexity index is 1270. The lowest BCUT2D eigenvalue weighted by Crippen LogP contribution is -2.48. The van der Waals surface area contributed by atoms with E-state index in [9.17, 15) is 23.1 Å². The minimum Gasteiger partial charge on any atom is -0.488 e. The highest BCUT2D eigenvalue weighted by atomic mass is 35.5. The van der Waals surface area contributed by atoms with Crippen molar-refractivity contribution >= 4 is 39.2 Å². The van der Waals surface area contributed by atoms with E-state index in [1.807, 2.05) is 20.8 Å². The molecule has 0 saturated heterocycles. The van der Waals surface area contributed by atoms with Crippen molar-refractivity contribution in [2.45, 2.75) is 57.2 Å². The van der Waals surface area contributed by atoms with Gasteiger partial charge in [-0.25, -0.2) is 13.2 Å². The average Bonchev–Trinajstić information content (AvgIpc) is 2.91. The Hall–Kier alpha value is -2.86. The summed E-state index contributed by atoms with van der Waals surface area (Å²) in [4.78, 5) is 27.3. The summed E-state index contributed by atoms with van der Waals surface area (Å²) in [7, 11) is -2.36. The molecule has 3 atom stereocenters. The van der Waals surface area contributed by atoms with Crippen molar-refractivity contribution < 1.29 is 27.9 Å². The summed E-state index contributed by atoms with van der Waals surface area (Å²) in [6, 6.07) is 10.1. The van der Waals surface area contributed by atoms with Crippen LogP contribution >= 0.6 is 11.6 Å². The predicted molar refractivity (Wildman–Crippen MR) is 151 cm³/mol. The number of hydrogen-bond donors (Lipinski definition) is 3. The second kappa shape index (κ2) is 13.0. The highest BCUT2D eigenvalue weighted by Crippen LogP contribution is 2.30. The molecule has 2 aromatic carbocycles. The van der Waals surface area contributed by atoms with Gasteiger partial charge >= 0.3 is 6.03 Å². The molecule has 1 aliphatic heterocycles. The summed E-state index contributed by atoms with van der Waals surface area (Å²) in [5.74, 6) is -0.0722. The molecule has 0 aromatic heterocycles. The number of carbonyl (C=O) groups is 2. The van der Waals surface area contributed by atoms with Crippen LogP contribution in [0.2, 0.25) is 5.02 Å². The molecule has 0 unspecified atom stereocenters. The monoisotopic (exact) mass is 580 g/mol. The largest absolute Gasteiger partial charge is 0.488 e. The summed E-state index contributed by atoms with van der Waals surface area (Å²) in [6.45, 7) is 7.38. The molecule has 0 spiro atoms. The van der Waals surface area contributed by atoms with Gasteiger partial charge < -0.3 is 25.4 Å². The van der Waals surface area contributed by atoms with E-state index in [-0.39, 0.29) is 54.9 Å². The van der Waals surface area contributed by atoms with Crippen molar-refractivity contribution in [2.24, 2.45) is 5.92 Å². The smallest absolute Gasteiger partial charge is 0.319 e. The van der Waals surface area contributed by atoms with Gasteiger partial charge in [0.15, 0.2) is 0 Å². The Balaban J connectivity index is 1.95. The Morgan fingerprint density at radius 1 is 1.21 bits per heavy atom. The third-order valence-corrected chi connectivity index (χ3v) is 8.64. The second-order valence-electron chi connectivity index (χ2n) is 10.2. The third kappa shape index (κ3) is 7.84. The fraction of sp³-hybridized carbons (Fsp3) is 0.481. The van der Waals surface area contributed by atoms with Crippen LogP contribution in [-0.4, -0.2) is 79.6 Å². The molecular weight excluding hydrogens is 544 g/mol. The SMILES string of the molecule is CC(C)NC(=O)Nc1ccc2c(c1)CC(=O)N([C@H](C)CO)C[C@@H](C)[C@@H](CN(C)S(=O)(=O)c1ccc(Cl)cc1)O2. The zero-order valence-corrected chi connectivity index (χ0v) is 24.4. The van der Waals surface area contributed by atoms with Crippen LogP contribution in [0.3, 0.4) is 0 Å². The molecular formula is C27H37ClN4O6S. The van der Waals surface area contributed by atoms with Crippen LogP contribution in [0.4, 0.5) is 10.5 Å². The van der Waals surface area contributed by atoms with Gasteiger partial charge in [-0.3, -0.25) is 4.79 Å². The van der Waals surface area contributed by atoms with Gasteiger partial charge in [0, 0.05) is 41.8 Å². The van der Waals surface area contributed by atoms with Crippen molar-refractivity contribution in [2.75, 3.05) is 32.1 Å². The van der Waals surface area contributed by atoms with Gasteiger partial charge in [-0.2, -0.15) is 4.31 Å². The van der Waals surface area contributed by atoms with Gasteiger partial charge in [-0.1, -0.05) is 18.5 Å². The molecule has 0 fully saturated rings. The first-order chi connectivity index (χ1) is 18.3. The van der Waals surface area contributed by atoms with E-state index in [0.717, 1.165) is 0 Å². The summed E-state index contributed by atoms with van der Waals surface area (Å²) >= 11 is 5.93. The summed E-state index contributed by atoms with van der Waals surface area (Å²) in [6.07, 6.45) is -0.641. The minimum absolute atomic E-state index is 0.0118. The molecule has 10 nitrogen and oxygen atoms in total. The molecule has 1 aliphatic rings. The van der Waals surface area contributed by atoms with Gasteiger partial charge in [-0.05, 0) is 63.2 Å². The Morgan fingerprint density at radius 3 is 2.49 bits per heavy atom. The van der Waals surface area contributed by atoms with Crippen LogP contribution < -0.4 is 15.4 Å². The molecule has 3 rings (SSSR count). The number of ether oxygens (including phenoxy) is 1. The maximum absolute atomic E-state index is 13.4. The molecule has 0 radical (unpaired) electrons. The zero-order valence-electron chi connectivity index (χ0n) is 22.8. The number of aliphatic hydroxyl groups excluding tert-OH is 1. The first-order valence-electron chi connectivity index (χ1n) is 12.8. The molecule has 214 valence electrons. The highest BCUT2D eigenvalue weighted by molar-refractivity contribution is 7.89. The van der Waals surface area contributed by atoms with Crippen LogP contribution in [0.1, 0.15) is 33.3 Å². The Kier molecular flexibility index (Phi) is 10.2. The fourth-order valence-electron chi connectivity index (χ4n) is 4.29. The lowest BCUT2D eigenvalue weighted by atomic mass is 10.0. The van der Waals surface area contributed by atoms with Gasteiger partial charge in [0.2, 0.25) is 15.9 Å². The van der Waals surface area contributed by atoms with E-state index in [0.29, 0.717) is 22.0 Å². The number of hydrogen-bond acceptors (Lipinski definition) is 6. The van der Waals surface area contributed by atoms with Crippen LogP contribution in [0, 0.1) is 5.92 Å². The number of nitrogens with zero attached hydrogens (tertiary/aromatic N) is 2. The van der Waals surface area contributed by atoms with Gasteiger partial charge in [0.25, 0.3) is 0 Å². The number of anilines is 1. The average molecular weight is 581 g/mol. The second-order valence-corrected chi connectivity index (χ2v) is 12.7. The van der Waals surface area contributed by atoms with Crippen molar-refractivity contribution in [3.63, 3.8) is 0 Å². The van der Waals surface area contributed by atoms with E-state index in [1.165, 1.54) is 35.6 Å². The maximum atomic E-state index is 13.4. The quantitative estimate of drug-likeness (QED) is 0.439. The number of sulfonamides is 1.